The number of alkyl halides is 3. The molecular weight excluding hydrogens is 339 g/mol. The predicted octanol–water partition coefficient (Wildman–Crippen LogP) is 2.31. The fraction of sp³-hybridized carbons (Fsp3) is 0.529. The van der Waals surface area contributed by atoms with Crippen molar-refractivity contribution in [3.05, 3.63) is 35.4 Å². The molecule has 0 saturated heterocycles. The first-order chi connectivity index (χ1) is 11.5. The number of esters is 1. The van der Waals surface area contributed by atoms with Crippen LogP contribution in [0.5, 0.6) is 0 Å². The van der Waals surface area contributed by atoms with Crippen molar-refractivity contribution >= 4 is 11.9 Å². The first-order valence-electron chi connectivity index (χ1n) is 7.77. The summed E-state index contributed by atoms with van der Waals surface area (Å²) in [6.45, 7) is 3.63. The number of methoxy groups -OCH3 is 1. The van der Waals surface area contributed by atoms with Crippen LogP contribution in [-0.4, -0.2) is 36.2 Å². The van der Waals surface area contributed by atoms with Crippen molar-refractivity contribution in [1.29, 1.82) is 0 Å². The number of aliphatic hydroxyl groups is 1. The van der Waals surface area contributed by atoms with Gasteiger partial charge >= 0.3 is 12.1 Å². The van der Waals surface area contributed by atoms with Crippen molar-refractivity contribution in [2.75, 3.05) is 7.11 Å². The number of rotatable bonds is 7. The minimum absolute atomic E-state index is 0.0563. The lowest BCUT2D eigenvalue weighted by atomic mass is 10.0. The summed E-state index contributed by atoms with van der Waals surface area (Å²) < 4.78 is 42.9. The molecule has 2 atom stereocenters. The third-order valence-electron chi connectivity index (χ3n) is 3.49. The van der Waals surface area contributed by atoms with Gasteiger partial charge in [-0.2, -0.15) is 13.2 Å². The molecule has 0 aliphatic heterocycles. The van der Waals surface area contributed by atoms with E-state index in [2.05, 4.69) is 10.1 Å². The number of carbonyl (C=O) groups is 2. The summed E-state index contributed by atoms with van der Waals surface area (Å²) in [6, 6.07) is 3.28. The predicted molar refractivity (Wildman–Crippen MR) is 84.6 cm³/mol. The first kappa shape index (κ1) is 21.0. The van der Waals surface area contributed by atoms with Gasteiger partial charge in [0.05, 0.1) is 12.7 Å². The van der Waals surface area contributed by atoms with E-state index < -0.39 is 35.8 Å². The third-order valence-corrected chi connectivity index (χ3v) is 3.49. The quantitative estimate of drug-likeness (QED) is 0.731. The highest BCUT2D eigenvalue weighted by Crippen LogP contribution is 2.29. The standard InChI is InChI=1S/C17H22F3NO4/c1-10(2)7-14(22)15(23)21-13(16(24)25-3)9-11-5-4-6-12(8-11)17(18,19)20/h4-6,8,10,13-14,22H,7,9H2,1-3H3,(H,21,23)/t13-,14-/m0/s1. The second kappa shape index (κ2) is 8.84. The van der Waals surface area contributed by atoms with Crippen molar-refractivity contribution in [2.45, 2.75) is 45.0 Å². The van der Waals surface area contributed by atoms with Gasteiger partial charge in [-0.3, -0.25) is 4.79 Å². The summed E-state index contributed by atoms with van der Waals surface area (Å²) in [5.74, 6) is -1.51. The van der Waals surface area contributed by atoms with E-state index in [1.807, 2.05) is 13.8 Å². The van der Waals surface area contributed by atoms with E-state index in [4.69, 9.17) is 0 Å². The maximum absolute atomic E-state index is 12.8. The van der Waals surface area contributed by atoms with Crippen LogP contribution in [0.4, 0.5) is 13.2 Å². The Balaban J connectivity index is 2.91. The number of carbonyl (C=O) groups excluding carboxylic acids is 2. The van der Waals surface area contributed by atoms with Crippen LogP contribution in [0.15, 0.2) is 24.3 Å². The topological polar surface area (TPSA) is 75.6 Å². The van der Waals surface area contributed by atoms with Crippen molar-refractivity contribution in [1.82, 2.24) is 5.32 Å². The number of hydrogen-bond acceptors (Lipinski definition) is 4. The summed E-state index contributed by atoms with van der Waals surface area (Å²) in [5, 5.41) is 12.1. The van der Waals surface area contributed by atoms with Gasteiger partial charge in [0.25, 0.3) is 0 Å². The molecule has 1 rings (SSSR count). The van der Waals surface area contributed by atoms with Gasteiger partial charge in [0.15, 0.2) is 0 Å². The maximum atomic E-state index is 12.8. The number of nitrogens with one attached hydrogen (secondary N) is 1. The van der Waals surface area contributed by atoms with Gasteiger partial charge in [-0.15, -0.1) is 0 Å². The zero-order valence-electron chi connectivity index (χ0n) is 14.3. The molecule has 0 aromatic heterocycles. The Kier molecular flexibility index (Phi) is 7.41. The van der Waals surface area contributed by atoms with Gasteiger partial charge in [0, 0.05) is 6.42 Å². The molecule has 0 aliphatic carbocycles. The fourth-order valence-electron chi connectivity index (χ4n) is 2.27. The molecule has 140 valence electrons. The summed E-state index contributed by atoms with van der Waals surface area (Å²) in [4.78, 5) is 23.8. The summed E-state index contributed by atoms with van der Waals surface area (Å²) in [7, 11) is 1.11. The lowest BCUT2D eigenvalue weighted by Crippen LogP contribution is -2.47. The molecule has 0 heterocycles. The molecule has 0 unspecified atom stereocenters. The van der Waals surface area contributed by atoms with E-state index in [1.165, 1.54) is 12.1 Å². The van der Waals surface area contributed by atoms with Gasteiger partial charge in [-0.25, -0.2) is 4.79 Å². The SMILES string of the molecule is COC(=O)[C@H](Cc1cccc(C(F)(F)F)c1)NC(=O)[C@@H](O)CC(C)C. The van der Waals surface area contributed by atoms with Crippen molar-refractivity contribution in [3.8, 4) is 0 Å². The van der Waals surface area contributed by atoms with Crippen LogP contribution < -0.4 is 5.32 Å². The lowest BCUT2D eigenvalue weighted by Gasteiger charge is -2.20. The second-order valence-electron chi connectivity index (χ2n) is 6.13. The molecule has 1 aromatic carbocycles. The van der Waals surface area contributed by atoms with Crippen LogP contribution in [0, 0.1) is 5.92 Å². The third kappa shape index (κ3) is 6.74. The van der Waals surface area contributed by atoms with Crippen LogP contribution in [0.1, 0.15) is 31.4 Å². The average molecular weight is 361 g/mol. The van der Waals surface area contributed by atoms with E-state index in [0.29, 0.717) is 0 Å². The zero-order valence-corrected chi connectivity index (χ0v) is 14.3. The largest absolute Gasteiger partial charge is 0.467 e. The van der Waals surface area contributed by atoms with Crippen LogP contribution >= 0.6 is 0 Å². The van der Waals surface area contributed by atoms with Crippen molar-refractivity contribution in [2.24, 2.45) is 5.92 Å². The van der Waals surface area contributed by atoms with Gasteiger partial charge in [-0.05, 0) is 24.0 Å². The number of hydrogen-bond donors (Lipinski definition) is 2. The molecule has 0 bridgehead atoms. The molecule has 2 N–H and O–H groups in total. The van der Waals surface area contributed by atoms with Crippen LogP contribution in [0.25, 0.3) is 0 Å². The van der Waals surface area contributed by atoms with Crippen LogP contribution in [0.2, 0.25) is 0 Å². The molecule has 0 radical (unpaired) electrons. The van der Waals surface area contributed by atoms with Crippen molar-refractivity contribution in [3.63, 3.8) is 0 Å². The van der Waals surface area contributed by atoms with E-state index in [0.717, 1.165) is 19.2 Å². The van der Waals surface area contributed by atoms with E-state index in [9.17, 15) is 27.9 Å². The Morgan fingerprint density at radius 2 is 1.92 bits per heavy atom. The van der Waals surface area contributed by atoms with E-state index in [-0.39, 0.29) is 24.3 Å². The van der Waals surface area contributed by atoms with E-state index in [1.54, 1.807) is 0 Å². The Hall–Kier alpha value is -2.09. The normalized spacial score (nSPS) is 14.1. The summed E-state index contributed by atoms with van der Waals surface area (Å²) in [6.07, 6.45) is -5.80. The van der Waals surface area contributed by atoms with Crippen LogP contribution in [0.3, 0.4) is 0 Å². The van der Waals surface area contributed by atoms with Crippen molar-refractivity contribution < 1.29 is 32.6 Å². The molecule has 0 aliphatic rings. The molecule has 0 saturated carbocycles. The molecule has 8 heteroatoms. The van der Waals surface area contributed by atoms with E-state index >= 15 is 0 Å². The minimum Gasteiger partial charge on any atom is -0.467 e. The number of benzene rings is 1. The average Bonchev–Trinajstić information content (AvgIpc) is 2.52. The minimum atomic E-state index is -4.51. The van der Waals surface area contributed by atoms with Crippen LogP contribution in [-0.2, 0) is 26.9 Å². The molecular formula is C17H22F3NO4. The monoisotopic (exact) mass is 361 g/mol. The lowest BCUT2D eigenvalue weighted by molar-refractivity contribution is -0.146. The summed E-state index contributed by atoms with van der Waals surface area (Å²) >= 11 is 0. The highest BCUT2D eigenvalue weighted by molar-refractivity contribution is 5.87. The number of halogens is 3. The zero-order chi connectivity index (χ0) is 19.2. The number of aliphatic hydroxyl groups excluding tert-OH is 1. The fourth-order valence-corrected chi connectivity index (χ4v) is 2.27. The van der Waals surface area contributed by atoms with Gasteiger partial charge in [-0.1, -0.05) is 32.0 Å². The highest BCUT2D eigenvalue weighted by atomic mass is 19.4. The molecule has 1 amide bonds. The van der Waals surface area contributed by atoms with Gasteiger partial charge < -0.3 is 15.2 Å². The second-order valence-corrected chi connectivity index (χ2v) is 6.13. The van der Waals surface area contributed by atoms with Gasteiger partial charge in [0.2, 0.25) is 5.91 Å². The smallest absolute Gasteiger partial charge is 0.416 e. The molecule has 0 fully saturated rings. The maximum Gasteiger partial charge on any atom is 0.416 e. The first-order valence-corrected chi connectivity index (χ1v) is 7.77. The Bertz CT molecular complexity index is 602. The molecule has 25 heavy (non-hydrogen) atoms. The molecule has 0 spiro atoms. The Morgan fingerprint density at radius 1 is 1.28 bits per heavy atom. The molecule has 1 aromatic rings. The molecule has 5 nitrogen and oxygen atoms in total. The Labute approximate surface area is 144 Å². The summed E-state index contributed by atoms with van der Waals surface area (Å²) in [5.41, 5.74) is -0.636. The number of amides is 1. The highest BCUT2D eigenvalue weighted by Gasteiger charge is 2.31. The van der Waals surface area contributed by atoms with Gasteiger partial charge in [0.1, 0.15) is 12.1 Å². The number of ether oxygens (including phenoxy) is 1. The Morgan fingerprint density at radius 3 is 2.44 bits per heavy atom.